The number of ether oxygens (including phenoxy) is 1. The van der Waals surface area contributed by atoms with Gasteiger partial charge in [0.1, 0.15) is 19.3 Å². The molecule has 1 amide bonds. The highest BCUT2D eigenvalue weighted by atomic mass is 31.2. The van der Waals surface area contributed by atoms with Crippen molar-refractivity contribution in [3.63, 3.8) is 0 Å². The number of likely N-dealkylation sites (N-methyl/N-ethyl adjacent to an activating group) is 1. The minimum Gasteiger partial charge on any atom is -0.756 e. The Bertz CT molecular complexity index is 1280. The van der Waals surface area contributed by atoms with Gasteiger partial charge in [-0.25, -0.2) is 0 Å². The number of hydrogen-bond donors (Lipinski definition) is 1. The molecule has 0 aliphatic rings. The number of quaternary nitrogens is 1. The van der Waals surface area contributed by atoms with Gasteiger partial charge in [0.25, 0.3) is 7.82 Å². The summed E-state index contributed by atoms with van der Waals surface area (Å²) in [5, 5.41) is 3.02. The summed E-state index contributed by atoms with van der Waals surface area (Å²) in [5.74, 6) is -0.540. The normalized spacial score (nSPS) is 14.0. The second-order valence-electron chi connectivity index (χ2n) is 21.1. The molecule has 69 heavy (non-hydrogen) atoms. The fourth-order valence-electron chi connectivity index (χ4n) is 8.56. The van der Waals surface area contributed by atoms with E-state index < -0.39 is 20.0 Å². The van der Waals surface area contributed by atoms with Crippen LogP contribution in [0.2, 0.25) is 0 Å². The maximum absolute atomic E-state index is 13.5. The molecular formula is C59H113N2O7P. The number of carbonyl (C=O) groups is 2. The van der Waals surface area contributed by atoms with Crippen molar-refractivity contribution in [2.24, 2.45) is 0 Å². The number of phosphoric acid groups is 1. The van der Waals surface area contributed by atoms with Gasteiger partial charge in [0.05, 0.1) is 33.8 Å². The Morgan fingerprint density at radius 1 is 0.522 bits per heavy atom. The molecule has 406 valence electrons. The third kappa shape index (κ3) is 51.0. The highest BCUT2D eigenvalue weighted by molar-refractivity contribution is 7.45. The zero-order chi connectivity index (χ0) is 50.8. The van der Waals surface area contributed by atoms with Crippen molar-refractivity contribution >= 4 is 19.7 Å². The number of rotatable bonds is 53. The number of carbonyl (C=O) groups excluding carboxylic acids is 2. The van der Waals surface area contributed by atoms with Crippen molar-refractivity contribution in [1.82, 2.24) is 5.32 Å². The highest BCUT2D eigenvalue weighted by Crippen LogP contribution is 2.38. The van der Waals surface area contributed by atoms with Crippen LogP contribution in [0, 0.1) is 0 Å². The van der Waals surface area contributed by atoms with E-state index in [-0.39, 0.29) is 31.5 Å². The molecule has 9 nitrogen and oxygen atoms in total. The number of allylic oxidation sites excluding steroid dienone is 5. The zero-order valence-electron chi connectivity index (χ0n) is 46.3. The quantitative estimate of drug-likeness (QED) is 0.0212. The molecule has 0 bridgehead atoms. The van der Waals surface area contributed by atoms with Crippen LogP contribution in [0.5, 0.6) is 0 Å². The number of nitrogens with one attached hydrogen (secondary N) is 1. The number of hydrogen-bond acceptors (Lipinski definition) is 7. The minimum absolute atomic E-state index is 0.0220. The lowest BCUT2D eigenvalue weighted by molar-refractivity contribution is -0.870. The van der Waals surface area contributed by atoms with Crippen LogP contribution in [-0.2, 0) is 27.9 Å². The Morgan fingerprint density at radius 2 is 0.928 bits per heavy atom. The number of amides is 1. The summed E-state index contributed by atoms with van der Waals surface area (Å²) in [4.78, 5) is 39.8. The lowest BCUT2D eigenvalue weighted by atomic mass is 10.0. The van der Waals surface area contributed by atoms with E-state index >= 15 is 0 Å². The average molecular weight is 994 g/mol. The van der Waals surface area contributed by atoms with E-state index in [2.05, 4.69) is 50.4 Å². The van der Waals surface area contributed by atoms with Gasteiger partial charge in [-0.1, -0.05) is 244 Å². The van der Waals surface area contributed by atoms with Crippen LogP contribution < -0.4 is 10.2 Å². The molecule has 3 atom stereocenters. The smallest absolute Gasteiger partial charge is 0.306 e. The van der Waals surface area contributed by atoms with Crippen LogP contribution >= 0.6 is 7.82 Å². The monoisotopic (exact) mass is 993 g/mol. The standard InChI is InChI=1S/C59H113N2O7P/c1-7-10-13-16-19-22-25-28-30-31-32-34-37-40-43-46-49-52-59(63)68-57(50-47-44-41-38-35-27-24-21-18-15-12-9-3)56(55-67-69(64,65)66-54-53-61(4,5)6)60-58(62)51-48-45-42-39-36-33-29-26-23-20-17-14-11-8-2/h11,14,20,23,47,50,56-57H,7-10,12-13,15-19,21-22,24-46,48-49,51-55H2,1-6H3,(H-,60,62,64,65)/b14-11+,23-20+,50-47+. The number of phosphoric ester groups is 1. The van der Waals surface area contributed by atoms with Crippen molar-refractivity contribution in [1.29, 1.82) is 0 Å². The summed E-state index contributed by atoms with van der Waals surface area (Å²) >= 11 is 0. The van der Waals surface area contributed by atoms with Gasteiger partial charge in [-0.3, -0.25) is 14.2 Å². The molecule has 0 rings (SSSR count). The van der Waals surface area contributed by atoms with Gasteiger partial charge < -0.3 is 28.5 Å². The number of esters is 1. The van der Waals surface area contributed by atoms with Crippen LogP contribution in [0.25, 0.3) is 0 Å². The Morgan fingerprint density at radius 3 is 1.38 bits per heavy atom. The lowest BCUT2D eigenvalue weighted by Gasteiger charge is -2.30. The van der Waals surface area contributed by atoms with E-state index in [4.69, 9.17) is 13.8 Å². The summed E-state index contributed by atoms with van der Waals surface area (Å²) in [6.07, 6.45) is 58.2. The molecule has 0 aromatic rings. The molecule has 0 aliphatic carbocycles. The van der Waals surface area contributed by atoms with Gasteiger partial charge in [-0.05, 0) is 57.4 Å². The van der Waals surface area contributed by atoms with Crippen molar-refractivity contribution in [2.45, 2.75) is 290 Å². The first-order chi connectivity index (χ1) is 33.4. The SMILES string of the molecule is CC/C=C/C/C=C/CCCCCCCCCC(=O)NC(COP(=O)([O-])OCC[N+](C)(C)C)C(/C=C/CCCCCCCCCCCC)OC(=O)CCCCCCCCCCCCCCCCCCC. The van der Waals surface area contributed by atoms with Crippen molar-refractivity contribution in [3.8, 4) is 0 Å². The Labute approximate surface area is 427 Å². The highest BCUT2D eigenvalue weighted by Gasteiger charge is 2.27. The molecule has 0 aromatic carbocycles. The lowest BCUT2D eigenvalue weighted by Crippen LogP contribution is -2.47. The van der Waals surface area contributed by atoms with E-state index in [1.165, 1.54) is 161 Å². The van der Waals surface area contributed by atoms with E-state index in [1.54, 1.807) is 0 Å². The predicted octanol–water partition coefficient (Wildman–Crippen LogP) is 16.9. The van der Waals surface area contributed by atoms with E-state index in [9.17, 15) is 19.0 Å². The van der Waals surface area contributed by atoms with Crippen molar-refractivity contribution < 1.29 is 37.3 Å². The fraction of sp³-hybridized carbons (Fsp3) is 0.864. The molecule has 0 radical (unpaired) electrons. The molecule has 0 heterocycles. The second-order valence-corrected chi connectivity index (χ2v) is 22.5. The molecule has 1 N–H and O–H groups in total. The summed E-state index contributed by atoms with van der Waals surface area (Å²) in [6.45, 7) is 6.75. The van der Waals surface area contributed by atoms with Gasteiger partial charge in [0, 0.05) is 12.8 Å². The van der Waals surface area contributed by atoms with Crippen LogP contribution in [-0.4, -0.2) is 69.4 Å². The maximum Gasteiger partial charge on any atom is 0.306 e. The van der Waals surface area contributed by atoms with Gasteiger partial charge in [0.2, 0.25) is 5.91 Å². The second kappa shape index (κ2) is 49.8. The fourth-order valence-corrected chi connectivity index (χ4v) is 9.28. The molecule has 0 saturated heterocycles. The van der Waals surface area contributed by atoms with E-state index in [0.29, 0.717) is 17.4 Å². The summed E-state index contributed by atoms with van der Waals surface area (Å²) in [7, 11) is 1.19. The summed E-state index contributed by atoms with van der Waals surface area (Å²) in [6, 6.07) is -0.887. The van der Waals surface area contributed by atoms with E-state index in [0.717, 1.165) is 83.5 Å². The predicted molar refractivity (Wildman–Crippen MR) is 293 cm³/mol. The summed E-state index contributed by atoms with van der Waals surface area (Å²) in [5.41, 5.74) is 0. The number of unbranched alkanes of at least 4 members (excludes halogenated alkanes) is 33. The van der Waals surface area contributed by atoms with Gasteiger partial charge >= 0.3 is 5.97 Å². The molecular weight excluding hydrogens is 880 g/mol. The average Bonchev–Trinajstić information content (AvgIpc) is 3.31. The molecule has 0 fully saturated rings. The van der Waals surface area contributed by atoms with Crippen molar-refractivity contribution in [2.75, 3.05) is 40.9 Å². The first-order valence-corrected chi connectivity index (χ1v) is 30.8. The Balaban J connectivity index is 5.30. The molecule has 3 unspecified atom stereocenters. The maximum atomic E-state index is 13.5. The molecule has 0 aliphatic heterocycles. The van der Waals surface area contributed by atoms with Crippen molar-refractivity contribution in [3.05, 3.63) is 36.5 Å². The molecule has 0 saturated carbocycles. The first kappa shape index (κ1) is 67.2. The van der Waals surface area contributed by atoms with Gasteiger partial charge in [0.15, 0.2) is 0 Å². The van der Waals surface area contributed by atoms with Gasteiger partial charge in [-0.15, -0.1) is 0 Å². The van der Waals surface area contributed by atoms with Crippen LogP contribution in [0.15, 0.2) is 36.5 Å². The first-order valence-electron chi connectivity index (χ1n) is 29.3. The molecule has 10 heteroatoms. The third-order valence-corrected chi connectivity index (χ3v) is 14.0. The Kier molecular flexibility index (Phi) is 48.5. The van der Waals surface area contributed by atoms with Crippen LogP contribution in [0.3, 0.4) is 0 Å². The van der Waals surface area contributed by atoms with Crippen LogP contribution in [0.4, 0.5) is 0 Å². The molecule has 0 spiro atoms. The van der Waals surface area contributed by atoms with Gasteiger partial charge in [-0.2, -0.15) is 0 Å². The minimum atomic E-state index is -4.69. The summed E-state index contributed by atoms with van der Waals surface area (Å²) < 4.78 is 30.2. The van der Waals surface area contributed by atoms with Crippen LogP contribution in [0.1, 0.15) is 278 Å². The topological polar surface area (TPSA) is 114 Å². The third-order valence-electron chi connectivity index (χ3n) is 13.1. The number of nitrogens with zero attached hydrogens (tertiary/aromatic N) is 1. The zero-order valence-corrected chi connectivity index (χ0v) is 47.2. The van der Waals surface area contributed by atoms with E-state index in [1.807, 2.05) is 33.3 Å². The Hall–Kier alpha value is -1.77. The molecule has 0 aromatic heterocycles. The largest absolute Gasteiger partial charge is 0.756 e.